The van der Waals surface area contributed by atoms with Gasteiger partial charge < -0.3 is 15.0 Å². The van der Waals surface area contributed by atoms with Crippen LogP contribution in [0.15, 0.2) is 10.9 Å². The van der Waals surface area contributed by atoms with E-state index in [1.54, 1.807) is 7.11 Å². The fourth-order valence-electron chi connectivity index (χ4n) is 1.48. The van der Waals surface area contributed by atoms with Gasteiger partial charge in [0.25, 0.3) is 5.56 Å². The predicted molar refractivity (Wildman–Crippen MR) is 63.8 cm³/mol. The Balaban J connectivity index is 2.88. The summed E-state index contributed by atoms with van der Waals surface area (Å²) >= 11 is 0. The molecular formula is C11H19N3O2. The highest BCUT2D eigenvalue weighted by atomic mass is 16.5. The number of ether oxygens (including phenoxy) is 1. The van der Waals surface area contributed by atoms with E-state index in [0.29, 0.717) is 24.7 Å². The lowest BCUT2D eigenvalue weighted by atomic mass is 10.1. The van der Waals surface area contributed by atoms with Crippen LogP contribution in [0.3, 0.4) is 0 Å². The van der Waals surface area contributed by atoms with Crippen molar-refractivity contribution in [2.45, 2.75) is 32.7 Å². The van der Waals surface area contributed by atoms with Gasteiger partial charge in [0.05, 0.1) is 12.1 Å². The van der Waals surface area contributed by atoms with Gasteiger partial charge >= 0.3 is 0 Å². The molecule has 0 unspecified atom stereocenters. The highest BCUT2D eigenvalue weighted by Gasteiger charge is 2.17. The molecule has 0 radical (unpaired) electrons. The Hall–Kier alpha value is -1.36. The second-order valence-electron chi connectivity index (χ2n) is 4.37. The number of methoxy groups -OCH3 is 1. The summed E-state index contributed by atoms with van der Waals surface area (Å²) in [4.78, 5) is 18.3. The molecule has 0 atom stereocenters. The molecule has 0 bridgehead atoms. The lowest BCUT2D eigenvalue weighted by molar-refractivity contribution is 0.158. The average Bonchev–Trinajstić information content (AvgIpc) is 2.15. The van der Waals surface area contributed by atoms with Crippen LogP contribution in [0.4, 0.5) is 5.82 Å². The normalized spacial score (nSPS) is 11.5. The van der Waals surface area contributed by atoms with Crippen LogP contribution in [0.5, 0.6) is 0 Å². The van der Waals surface area contributed by atoms with Crippen molar-refractivity contribution in [2.75, 3.05) is 19.0 Å². The topological polar surface area (TPSA) is 67.0 Å². The second-order valence-corrected chi connectivity index (χ2v) is 4.37. The van der Waals surface area contributed by atoms with E-state index >= 15 is 0 Å². The van der Waals surface area contributed by atoms with Gasteiger partial charge in [-0.25, -0.2) is 4.98 Å². The number of hydrogen-bond acceptors (Lipinski definition) is 4. The molecule has 5 nitrogen and oxygen atoms in total. The molecule has 0 aliphatic heterocycles. The number of nitrogens with one attached hydrogen (secondary N) is 2. The Kier molecular flexibility index (Phi) is 4.06. The first kappa shape index (κ1) is 12.7. The molecule has 0 fully saturated rings. The van der Waals surface area contributed by atoms with Crippen LogP contribution in [0.2, 0.25) is 0 Å². The quantitative estimate of drug-likeness (QED) is 0.789. The SMILES string of the molecule is CCc1nc(NC(C)(C)COC)cc(=O)[nH]1. The van der Waals surface area contributed by atoms with Gasteiger partial charge in [-0.2, -0.15) is 0 Å². The zero-order chi connectivity index (χ0) is 12.2. The molecule has 1 aromatic rings. The van der Waals surface area contributed by atoms with Crippen LogP contribution in [0.25, 0.3) is 0 Å². The van der Waals surface area contributed by atoms with Crippen LogP contribution >= 0.6 is 0 Å². The third kappa shape index (κ3) is 3.66. The maximum absolute atomic E-state index is 11.3. The van der Waals surface area contributed by atoms with E-state index in [0.717, 1.165) is 0 Å². The number of aromatic nitrogens is 2. The van der Waals surface area contributed by atoms with Crippen LogP contribution in [-0.4, -0.2) is 29.2 Å². The summed E-state index contributed by atoms with van der Waals surface area (Å²) in [5, 5.41) is 3.18. The summed E-state index contributed by atoms with van der Waals surface area (Å²) in [5.41, 5.74) is -0.386. The Morgan fingerprint density at radius 1 is 1.56 bits per heavy atom. The summed E-state index contributed by atoms with van der Waals surface area (Å²) in [6.45, 7) is 6.47. The Labute approximate surface area is 95.3 Å². The van der Waals surface area contributed by atoms with Crippen LogP contribution in [0.1, 0.15) is 26.6 Å². The van der Waals surface area contributed by atoms with Crippen molar-refractivity contribution in [2.24, 2.45) is 0 Å². The monoisotopic (exact) mass is 225 g/mol. The molecular weight excluding hydrogens is 206 g/mol. The molecule has 0 saturated carbocycles. The first-order valence-corrected chi connectivity index (χ1v) is 5.34. The highest BCUT2D eigenvalue weighted by molar-refractivity contribution is 5.36. The second kappa shape index (κ2) is 5.12. The molecule has 1 rings (SSSR count). The van der Waals surface area contributed by atoms with Crippen LogP contribution in [-0.2, 0) is 11.2 Å². The lowest BCUT2D eigenvalue weighted by Crippen LogP contribution is -2.36. The molecule has 2 N–H and O–H groups in total. The van der Waals surface area contributed by atoms with Gasteiger partial charge in [-0.3, -0.25) is 4.79 Å². The fourth-order valence-corrected chi connectivity index (χ4v) is 1.48. The summed E-state index contributed by atoms with van der Waals surface area (Å²) in [6.07, 6.45) is 0.704. The average molecular weight is 225 g/mol. The van der Waals surface area contributed by atoms with Crippen molar-refractivity contribution in [3.05, 3.63) is 22.2 Å². The predicted octanol–water partition coefficient (Wildman–Crippen LogP) is 1.17. The molecule has 5 heteroatoms. The molecule has 0 aromatic carbocycles. The molecule has 0 spiro atoms. The van der Waals surface area contributed by atoms with Crippen molar-refractivity contribution in [3.63, 3.8) is 0 Å². The van der Waals surface area contributed by atoms with E-state index in [4.69, 9.17) is 4.74 Å². The molecule has 0 aliphatic rings. The first-order chi connectivity index (χ1) is 7.46. The molecule has 0 aliphatic carbocycles. The van der Waals surface area contributed by atoms with E-state index < -0.39 is 0 Å². The van der Waals surface area contributed by atoms with Gasteiger partial charge in [-0.05, 0) is 13.8 Å². The summed E-state index contributed by atoms with van der Waals surface area (Å²) < 4.78 is 5.09. The Morgan fingerprint density at radius 2 is 2.25 bits per heavy atom. The van der Waals surface area contributed by atoms with Gasteiger partial charge in [0.2, 0.25) is 0 Å². The first-order valence-electron chi connectivity index (χ1n) is 5.34. The third-order valence-corrected chi connectivity index (χ3v) is 2.10. The summed E-state index contributed by atoms with van der Waals surface area (Å²) in [6, 6.07) is 1.45. The fraction of sp³-hybridized carbons (Fsp3) is 0.636. The zero-order valence-electron chi connectivity index (χ0n) is 10.3. The summed E-state index contributed by atoms with van der Waals surface area (Å²) in [5.74, 6) is 1.27. The maximum Gasteiger partial charge on any atom is 0.252 e. The van der Waals surface area contributed by atoms with Crippen molar-refractivity contribution in [1.82, 2.24) is 9.97 Å². The standard InChI is InChI=1S/C11H19N3O2/c1-5-8-12-9(6-10(15)13-8)14-11(2,3)7-16-4/h6H,5,7H2,1-4H3,(H2,12,13,14,15). The number of aromatic amines is 1. The number of anilines is 1. The van der Waals surface area contributed by atoms with Crippen LogP contribution in [0, 0.1) is 0 Å². The van der Waals surface area contributed by atoms with Gasteiger partial charge in [0, 0.05) is 19.6 Å². The Bertz CT molecular complexity index is 398. The smallest absolute Gasteiger partial charge is 0.252 e. The molecule has 0 amide bonds. The van der Waals surface area contributed by atoms with Crippen molar-refractivity contribution < 1.29 is 4.74 Å². The van der Waals surface area contributed by atoms with Gasteiger partial charge in [0.1, 0.15) is 11.6 Å². The van der Waals surface area contributed by atoms with E-state index in [1.165, 1.54) is 6.07 Å². The number of aryl methyl sites for hydroxylation is 1. The van der Waals surface area contributed by atoms with Gasteiger partial charge in [-0.1, -0.05) is 6.92 Å². The van der Waals surface area contributed by atoms with E-state index in [1.807, 2.05) is 20.8 Å². The molecule has 0 saturated heterocycles. The molecule has 90 valence electrons. The molecule has 1 aromatic heterocycles. The zero-order valence-corrected chi connectivity index (χ0v) is 10.3. The number of nitrogens with zero attached hydrogens (tertiary/aromatic N) is 1. The maximum atomic E-state index is 11.3. The van der Waals surface area contributed by atoms with Gasteiger partial charge in [-0.15, -0.1) is 0 Å². The van der Waals surface area contributed by atoms with Crippen LogP contribution < -0.4 is 10.9 Å². The van der Waals surface area contributed by atoms with E-state index in [9.17, 15) is 4.79 Å². The minimum atomic E-state index is -0.249. The van der Waals surface area contributed by atoms with E-state index in [-0.39, 0.29) is 11.1 Å². The van der Waals surface area contributed by atoms with Crippen molar-refractivity contribution >= 4 is 5.82 Å². The number of rotatable bonds is 5. The third-order valence-electron chi connectivity index (χ3n) is 2.10. The van der Waals surface area contributed by atoms with Crippen molar-refractivity contribution in [1.29, 1.82) is 0 Å². The van der Waals surface area contributed by atoms with Crippen molar-refractivity contribution in [3.8, 4) is 0 Å². The Morgan fingerprint density at radius 3 is 2.81 bits per heavy atom. The van der Waals surface area contributed by atoms with E-state index in [2.05, 4.69) is 15.3 Å². The van der Waals surface area contributed by atoms with Gasteiger partial charge in [0.15, 0.2) is 0 Å². The number of hydrogen-bond donors (Lipinski definition) is 2. The highest BCUT2D eigenvalue weighted by Crippen LogP contribution is 2.11. The number of H-pyrrole nitrogens is 1. The molecule has 1 heterocycles. The molecule has 16 heavy (non-hydrogen) atoms. The minimum Gasteiger partial charge on any atom is -0.382 e. The summed E-state index contributed by atoms with van der Waals surface area (Å²) in [7, 11) is 1.64. The minimum absolute atomic E-state index is 0.137. The lowest BCUT2D eigenvalue weighted by Gasteiger charge is -2.25. The largest absolute Gasteiger partial charge is 0.382 e.